The summed E-state index contributed by atoms with van der Waals surface area (Å²) in [5.74, 6) is 0. The molecule has 0 heterocycles. The molecule has 0 aliphatic rings. The summed E-state index contributed by atoms with van der Waals surface area (Å²) in [7, 11) is 1.50. The fourth-order valence-corrected chi connectivity index (χ4v) is 2.06. The van der Waals surface area contributed by atoms with Crippen molar-refractivity contribution >= 4 is 0 Å². The van der Waals surface area contributed by atoms with Crippen LogP contribution in [0.1, 0.15) is 63.8 Å². The van der Waals surface area contributed by atoms with E-state index in [1.54, 1.807) is 0 Å². The second-order valence-corrected chi connectivity index (χ2v) is 7.85. The van der Waals surface area contributed by atoms with Gasteiger partial charge in [-0.05, 0) is 0 Å². The van der Waals surface area contributed by atoms with Gasteiger partial charge in [-0.3, -0.25) is 0 Å². The average Bonchev–Trinajstić information content (AvgIpc) is 3.12. The van der Waals surface area contributed by atoms with Crippen molar-refractivity contribution in [2.75, 3.05) is 14.2 Å². The van der Waals surface area contributed by atoms with Crippen molar-refractivity contribution in [2.24, 2.45) is 0 Å². The minimum absolute atomic E-state index is 0. The number of hydrogen-bond donors (Lipinski definition) is 0. The molecule has 25 heavy (non-hydrogen) atoms. The van der Waals surface area contributed by atoms with E-state index in [0.29, 0.717) is 10.8 Å². The van der Waals surface area contributed by atoms with E-state index >= 15 is 0 Å². The summed E-state index contributed by atoms with van der Waals surface area (Å²) in [5, 5.41) is 16.5. The fraction of sp³-hybridized carbons (Fsp3) is 0.545. The third kappa shape index (κ3) is 12.5. The van der Waals surface area contributed by atoms with E-state index in [2.05, 4.69) is 91.8 Å². The first-order valence-corrected chi connectivity index (χ1v) is 8.29. The van der Waals surface area contributed by atoms with E-state index in [-0.39, 0.29) is 26.2 Å². The minimum atomic E-state index is 0. The maximum absolute atomic E-state index is 8.25. The number of aryl methyl sites for hydroxylation is 2. The smallest absolute Gasteiger partial charge is 0.857 e. The Morgan fingerprint density at radius 1 is 0.640 bits per heavy atom. The monoisotopic (exact) mass is 422 g/mol. The van der Waals surface area contributed by atoms with Gasteiger partial charge < -0.3 is 10.2 Å². The molecule has 0 atom stereocenters. The fourth-order valence-electron chi connectivity index (χ4n) is 2.06. The van der Waals surface area contributed by atoms with Gasteiger partial charge in [0.15, 0.2) is 0 Å². The van der Waals surface area contributed by atoms with E-state index in [9.17, 15) is 0 Å². The second kappa shape index (κ2) is 13.7. The molecule has 2 nitrogen and oxygen atoms in total. The molecule has 0 aliphatic heterocycles. The topological polar surface area (TPSA) is 46.1 Å². The zero-order valence-electron chi connectivity index (χ0n) is 17.8. The molecule has 3 heteroatoms. The molecule has 0 spiro atoms. The van der Waals surface area contributed by atoms with Crippen LogP contribution in [0.3, 0.4) is 0 Å². The van der Waals surface area contributed by atoms with E-state index < -0.39 is 0 Å². The molecular formula is C22H36O2Zr. The van der Waals surface area contributed by atoms with Gasteiger partial charge in [0.2, 0.25) is 0 Å². The second-order valence-electron chi connectivity index (χ2n) is 7.85. The van der Waals surface area contributed by atoms with Crippen molar-refractivity contribution in [2.45, 2.75) is 66.2 Å². The molecule has 0 saturated heterocycles. The molecular weight excluding hydrogens is 387 g/mol. The molecule has 0 saturated carbocycles. The van der Waals surface area contributed by atoms with Crippen LogP contribution in [0.25, 0.3) is 0 Å². The third-order valence-electron chi connectivity index (χ3n) is 3.55. The van der Waals surface area contributed by atoms with Crippen LogP contribution in [0.4, 0.5) is 0 Å². The summed E-state index contributed by atoms with van der Waals surface area (Å²) in [6.45, 7) is 17.7. The van der Waals surface area contributed by atoms with Gasteiger partial charge in [0.05, 0.1) is 0 Å². The summed E-state index contributed by atoms with van der Waals surface area (Å²) in [4.78, 5) is 0. The number of rotatable bonds is 0. The molecule has 2 aromatic carbocycles. The van der Waals surface area contributed by atoms with E-state index in [4.69, 9.17) is 10.2 Å². The van der Waals surface area contributed by atoms with Crippen molar-refractivity contribution in [3.63, 3.8) is 0 Å². The van der Waals surface area contributed by atoms with Crippen molar-refractivity contribution in [1.82, 2.24) is 0 Å². The largest absolute Gasteiger partial charge is 4.00 e. The zero-order chi connectivity index (χ0) is 19.6. The van der Waals surface area contributed by atoms with Crippen LogP contribution in [-0.2, 0) is 37.0 Å². The molecule has 0 N–H and O–H groups in total. The van der Waals surface area contributed by atoms with E-state index in [1.165, 1.54) is 22.3 Å². The van der Waals surface area contributed by atoms with Crippen molar-refractivity contribution in [1.29, 1.82) is 0 Å². The van der Waals surface area contributed by atoms with Crippen molar-refractivity contribution in [3.8, 4) is 0 Å². The van der Waals surface area contributed by atoms with Crippen LogP contribution >= 0.6 is 0 Å². The van der Waals surface area contributed by atoms with Crippen LogP contribution in [0.15, 0.2) is 36.4 Å². The quantitative estimate of drug-likeness (QED) is 0.602. The van der Waals surface area contributed by atoms with Crippen molar-refractivity contribution in [3.05, 3.63) is 58.7 Å². The molecule has 0 aliphatic carbocycles. The number of hydrogen-bond acceptors (Lipinski definition) is 2. The summed E-state index contributed by atoms with van der Waals surface area (Å²) < 4.78 is 0. The molecule has 2 rings (SSSR count). The van der Waals surface area contributed by atoms with Crippen LogP contribution < -0.4 is 10.2 Å². The first-order chi connectivity index (χ1) is 11.0. The summed E-state index contributed by atoms with van der Waals surface area (Å²) in [6.07, 6.45) is 0. The van der Waals surface area contributed by atoms with Gasteiger partial charge >= 0.3 is 26.2 Å². The Labute approximate surface area is 175 Å². The summed E-state index contributed by atoms with van der Waals surface area (Å²) in [5.41, 5.74) is 6.23. The van der Waals surface area contributed by atoms with Crippen LogP contribution in [-0.4, -0.2) is 14.2 Å². The zero-order valence-corrected chi connectivity index (χ0v) is 20.2. The molecule has 0 fully saturated rings. The standard InChI is InChI=1S/2C10H15.2CH3O.Zr/c2*1-8-5-6-9(7-8)10(2,3)4;2*1-2;/h2*5-7H,1-4H3;2*1H3;/q4*-1;+4. The predicted octanol–water partition coefficient (Wildman–Crippen LogP) is 3.97. The summed E-state index contributed by atoms with van der Waals surface area (Å²) >= 11 is 0. The van der Waals surface area contributed by atoms with Gasteiger partial charge in [-0.15, -0.1) is 0 Å². The average molecular weight is 424 g/mol. The van der Waals surface area contributed by atoms with Gasteiger partial charge in [0, 0.05) is 0 Å². The summed E-state index contributed by atoms with van der Waals surface area (Å²) in [6, 6.07) is 13.2. The maximum atomic E-state index is 8.25. The van der Waals surface area contributed by atoms with Gasteiger partial charge in [-0.1, -0.05) is 66.2 Å². The minimum Gasteiger partial charge on any atom is -0.857 e. The maximum Gasteiger partial charge on any atom is 4.00 e. The Kier molecular flexibility index (Phi) is 16.0. The predicted molar refractivity (Wildman–Crippen MR) is 103 cm³/mol. The Balaban J connectivity index is -0.000000312. The Morgan fingerprint density at radius 3 is 0.960 bits per heavy atom. The van der Waals surface area contributed by atoms with Gasteiger partial charge in [0.25, 0.3) is 0 Å². The Bertz CT molecular complexity index is 487. The van der Waals surface area contributed by atoms with E-state index in [1.807, 2.05) is 0 Å². The molecule has 0 bridgehead atoms. The normalized spacial score (nSPS) is 10.1. The Hall–Kier alpha value is -0.497. The van der Waals surface area contributed by atoms with Crippen molar-refractivity contribution < 1.29 is 36.4 Å². The molecule has 0 unspecified atom stereocenters. The third-order valence-corrected chi connectivity index (χ3v) is 3.55. The Morgan fingerprint density at radius 2 is 0.880 bits per heavy atom. The van der Waals surface area contributed by atoms with Gasteiger partial charge in [0.1, 0.15) is 0 Å². The first kappa shape index (κ1) is 29.3. The van der Waals surface area contributed by atoms with E-state index in [0.717, 1.165) is 14.2 Å². The molecule has 140 valence electrons. The molecule has 0 aromatic heterocycles. The van der Waals surface area contributed by atoms with Crippen LogP contribution in [0, 0.1) is 13.8 Å². The SMILES string of the molecule is C[O-].C[O-].Cc1cc[c-](C(C)(C)C)c1.Cc1cc[c-](C(C)(C)C)c1.[Zr+4]. The first-order valence-electron chi connectivity index (χ1n) is 8.29. The molecule has 2 aromatic rings. The van der Waals surface area contributed by atoms with Crippen LogP contribution in [0.2, 0.25) is 0 Å². The molecule has 0 radical (unpaired) electrons. The van der Waals surface area contributed by atoms with Gasteiger partial charge in [-0.2, -0.15) is 49.6 Å². The molecule has 0 amide bonds. The van der Waals surface area contributed by atoms with Gasteiger partial charge in [-0.25, -0.2) is 23.3 Å². The van der Waals surface area contributed by atoms with Crippen LogP contribution in [0.5, 0.6) is 0 Å².